The molecule has 35 heavy (non-hydrogen) atoms. The predicted molar refractivity (Wildman–Crippen MR) is 134 cm³/mol. The van der Waals surface area contributed by atoms with Gasteiger partial charge in [0.15, 0.2) is 11.5 Å². The summed E-state index contributed by atoms with van der Waals surface area (Å²) in [6.07, 6.45) is -0.452. The molecule has 1 N–H and O–H groups in total. The summed E-state index contributed by atoms with van der Waals surface area (Å²) < 4.78 is 7.43. The Labute approximate surface area is 202 Å². The molecule has 2 aromatic rings. The minimum atomic E-state index is -0.741. The van der Waals surface area contributed by atoms with E-state index in [1.165, 1.54) is 0 Å². The van der Waals surface area contributed by atoms with E-state index in [1.807, 2.05) is 77.1 Å². The van der Waals surface area contributed by atoms with Crippen molar-refractivity contribution in [1.82, 2.24) is 24.4 Å². The van der Waals surface area contributed by atoms with E-state index in [9.17, 15) is 14.4 Å². The van der Waals surface area contributed by atoms with E-state index in [2.05, 4.69) is 15.0 Å². The minimum Gasteiger partial charge on any atom is -0.444 e. The number of aromatic nitrogens is 4. The average Bonchev–Trinajstić information content (AvgIpc) is 2.77. The topological polar surface area (TPSA) is 110 Å². The molecule has 0 radical (unpaired) electrons. The molecule has 0 saturated carbocycles. The Morgan fingerprint density at radius 3 is 2.43 bits per heavy atom. The van der Waals surface area contributed by atoms with Crippen LogP contribution in [-0.2, 0) is 17.8 Å². The van der Waals surface area contributed by atoms with Crippen molar-refractivity contribution in [3.05, 3.63) is 80.0 Å². The zero-order chi connectivity index (χ0) is 25.3. The zero-order valence-electron chi connectivity index (χ0n) is 20.6. The van der Waals surface area contributed by atoms with Crippen molar-refractivity contribution in [3.63, 3.8) is 0 Å². The minimum absolute atomic E-state index is 0.0761. The Morgan fingerprint density at radius 2 is 1.74 bits per heavy atom. The molecule has 0 bridgehead atoms. The number of carbonyl (C=O) groups excluding carboxylic acids is 1. The van der Waals surface area contributed by atoms with Gasteiger partial charge in [0.2, 0.25) is 0 Å². The maximum Gasteiger partial charge on any atom is 0.410 e. The Morgan fingerprint density at radius 1 is 1.06 bits per heavy atom. The smallest absolute Gasteiger partial charge is 0.410 e. The number of amides is 1. The number of rotatable bonds is 5. The lowest BCUT2D eigenvalue weighted by Crippen LogP contribution is -2.38. The van der Waals surface area contributed by atoms with Gasteiger partial charge in [-0.2, -0.15) is 4.98 Å². The monoisotopic (exact) mass is 475 g/mol. The molecule has 0 unspecified atom stereocenters. The van der Waals surface area contributed by atoms with Gasteiger partial charge in [0.1, 0.15) is 5.60 Å². The summed E-state index contributed by atoms with van der Waals surface area (Å²) in [6.45, 7) is 10.3. The molecule has 182 valence electrons. The predicted octanol–water partition coefficient (Wildman–Crippen LogP) is 3.64. The normalized spacial score (nSPS) is 11.7. The van der Waals surface area contributed by atoms with Gasteiger partial charge in [0.05, 0.1) is 11.0 Å². The van der Waals surface area contributed by atoms with Crippen LogP contribution in [0.2, 0.25) is 0 Å². The second-order valence-corrected chi connectivity index (χ2v) is 9.62. The third kappa shape index (κ3) is 5.40. The van der Waals surface area contributed by atoms with Gasteiger partial charge in [-0.1, -0.05) is 30.3 Å². The highest BCUT2D eigenvalue weighted by molar-refractivity contribution is 5.81. The molecule has 1 amide bonds. The standard InChI is InChI=1S/C26H29N5O4/c1-16-13-19-20(14-17(16)2)31(22-21(27-19)23(32)29-24(33)28-22)12-11-30(25(34)35-26(3,4)5)15-18-9-7-6-8-10-18/h6-10,13-14H,11-12,15H2,1-5H3,(H,29,32,33). The van der Waals surface area contributed by atoms with Gasteiger partial charge in [-0.05, 0) is 63.4 Å². The van der Waals surface area contributed by atoms with Crippen molar-refractivity contribution in [2.24, 2.45) is 0 Å². The fourth-order valence-electron chi connectivity index (χ4n) is 3.86. The van der Waals surface area contributed by atoms with Crippen molar-refractivity contribution in [3.8, 4) is 11.5 Å². The summed E-state index contributed by atoms with van der Waals surface area (Å²) in [5.41, 5.74) is 2.43. The molecule has 2 aliphatic rings. The average molecular weight is 476 g/mol. The van der Waals surface area contributed by atoms with Gasteiger partial charge in [-0.3, -0.25) is 9.78 Å². The van der Waals surface area contributed by atoms with Crippen LogP contribution >= 0.6 is 0 Å². The zero-order valence-corrected chi connectivity index (χ0v) is 20.6. The van der Waals surface area contributed by atoms with Gasteiger partial charge < -0.3 is 14.2 Å². The molecule has 9 heteroatoms. The van der Waals surface area contributed by atoms with Gasteiger partial charge in [0, 0.05) is 19.6 Å². The number of nitrogens with zero attached hydrogens (tertiary/aromatic N) is 4. The molecule has 2 heterocycles. The second-order valence-electron chi connectivity index (χ2n) is 9.62. The van der Waals surface area contributed by atoms with Crippen molar-refractivity contribution >= 4 is 17.1 Å². The van der Waals surface area contributed by atoms with Gasteiger partial charge in [-0.25, -0.2) is 14.6 Å². The number of benzene rings is 2. The van der Waals surface area contributed by atoms with Crippen LogP contribution in [0.25, 0.3) is 22.6 Å². The molecule has 2 aromatic carbocycles. The first kappa shape index (κ1) is 24.1. The number of H-pyrrole nitrogens is 1. The number of aryl methyl sites for hydroxylation is 2. The first-order valence-electron chi connectivity index (χ1n) is 11.5. The van der Waals surface area contributed by atoms with Crippen LogP contribution in [0.15, 0.2) is 52.1 Å². The number of hydrogen-bond acceptors (Lipinski definition) is 6. The lowest BCUT2D eigenvalue weighted by atomic mass is 10.1. The molecule has 4 rings (SSSR count). The van der Waals surface area contributed by atoms with Crippen molar-refractivity contribution in [2.75, 3.05) is 6.54 Å². The summed E-state index contributed by atoms with van der Waals surface area (Å²) in [5, 5.41) is 0. The molecule has 0 spiro atoms. The molecule has 9 nitrogen and oxygen atoms in total. The van der Waals surface area contributed by atoms with E-state index < -0.39 is 22.9 Å². The van der Waals surface area contributed by atoms with Crippen LogP contribution < -0.4 is 11.2 Å². The number of carbonyl (C=O) groups is 1. The fourth-order valence-corrected chi connectivity index (χ4v) is 3.86. The quantitative estimate of drug-likeness (QED) is 0.441. The van der Waals surface area contributed by atoms with Gasteiger partial charge >= 0.3 is 11.8 Å². The Bertz CT molecular complexity index is 1470. The first-order chi connectivity index (χ1) is 16.5. The van der Waals surface area contributed by atoms with E-state index in [4.69, 9.17) is 4.74 Å². The highest BCUT2D eigenvalue weighted by atomic mass is 16.6. The SMILES string of the molecule is Cc1cc2nc3c(=O)[nH]c(=O)nc-3n(CCN(Cc3ccccc3)C(=O)OC(C)(C)C)c2cc1C. The lowest BCUT2D eigenvalue weighted by molar-refractivity contribution is 0.0227. The third-order valence-electron chi connectivity index (χ3n) is 5.69. The summed E-state index contributed by atoms with van der Waals surface area (Å²) in [4.78, 5) is 50.0. The molecule has 2 aliphatic heterocycles. The molecular weight excluding hydrogens is 446 g/mol. The number of ether oxygens (including phenoxy) is 1. The summed E-state index contributed by atoms with van der Waals surface area (Å²) in [7, 11) is 0. The molecule has 0 aliphatic carbocycles. The van der Waals surface area contributed by atoms with Crippen molar-refractivity contribution in [1.29, 1.82) is 0 Å². The Kier molecular flexibility index (Phi) is 6.43. The van der Waals surface area contributed by atoms with E-state index in [1.54, 1.807) is 9.47 Å². The van der Waals surface area contributed by atoms with Crippen molar-refractivity contribution < 1.29 is 9.53 Å². The molecule has 0 atom stereocenters. The van der Waals surface area contributed by atoms with E-state index in [0.29, 0.717) is 12.1 Å². The molecular formula is C26H29N5O4. The molecule has 0 fully saturated rings. The molecule has 0 saturated heterocycles. The van der Waals surface area contributed by atoms with Crippen LogP contribution in [0.4, 0.5) is 4.79 Å². The van der Waals surface area contributed by atoms with E-state index in [0.717, 1.165) is 22.2 Å². The van der Waals surface area contributed by atoms with Crippen LogP contribution in [0.1, 0.15) is 37.5 Å². The second kappa shape index (κ2) is 9.32. The fraction of sp³-hybridized carbons (Fsp3) is 0.346. The number of fused-ring (bicyclic) bond motifs is 2. The summed E-state index contributed by atoms with van der Waals surface area (Å²) in [6, 6.07) is 13.5. The number of aromatic amines is 1. The largest absolute Gasteiger partial charge is 0.444 e. The Hall–Kier alpha value is -4.01. The molecule has 0 aromatic heterocycles. The number of hydrogen-bond donors (Lipinski definition) is 1. The Balaban J connectivity index is 1.78. The maximum atomic E-state index is 13.1. The van der Waals surface area contributed by atoms with Gasteiger partial charge in [0.25, 0.3) is 5.56 Å². The van der Waals surface area contributed by atoms with Crippen molar-refractivity contribution in [2.45, 2.75) is 53.3 Å². The highest BCUT2D eigenvalue weighted by Crippen LogP contribution is 2.24. The van der Waals surface area contributed by atoms with E-state index in [-0.39, 0.29) is 24.6 Å². The van der Waals surface area contributed by atoms with Crippen LogP contribution in [0.5, 0.6) is 0 Å². The van der Waals surface area contributed by atoms with Gasteiger partial charge in [-0.15, -0.1) is 0 Å². The lowest BCUT2D eigenvalue weighted by Gasteiger charge is -2.28. The summed E-state index contributed by atoms with van der Waals surface area (Å²) >= 11 is 0. The van der Waals surface area contributed by atoms with E-state index >= 15 is 0 Å². The highest BCUT2D eigenvalue weighted by Gasteiger charge is 2.24. The number of nitrogens with one attached hydrogen (secondary N) is 1. The first-order valence-corrected chi connectivity index (χ1v) is 11.5. The van der Waals surface area contributed by atoms with Crippen LogP contribution in [-0.4, -0.2) is 42.7 Å². The third-order valence-corrected chi connectivity index (χ3v) is 5.69. The van der Waals surface area contributed by atoms with Crippen LogP contribution in [0.3, 0.4) is 0 Å². The summed E-state index contributed by atoms with van der Waals surface area (Å²) in [5.74, 6) is 0.179. The maximum absolute atomic E-state index is 13.1. The van der Waals surface area contributed by atoms with Crippen LogP contribution in [0, 0.1) is 13.8 Å².